The number of fused-ring (bicyclic) bond motifs is 6. The van der Waals surface area contributed by atoms with E-state index in [1.807, 2.05) is 6.07 Å². The molecule has 11 aromatic rings. The second-order valence-electron chi connectivity index (χ2n) is 17.2. The van der Waals surface area contributed by atoms with E-state index < -0.39 is 0 Å². The van der Waals surface area contributed by atoms with Crippen LogP contribution in [0.1, 0.15) is 25.0 Å². The van der Waals surface area contributed by atoms with Crippen molar-refractivity contribution in [3.05, 3.63) is 223 Å². The van der Waals surface area contributed by atoms with Gasteiger partial charge in [0.2, 0.25) is 0 Å². The number of hydrogen-bond acceptors (Lipinski definition) is 4. The average molecular weight is 836 g/mol. The molecular weight excluding hydrogens is 795 g/mol. The number of rotatable bonds is 7. The van der Waals surface area contributed by atoms with Crippen LogP contribution in [-0.2, 0) is 5.41 Å². The summed E-state index contributed by atoms with van der Waals surface area (Å²) in [4.78, 5) is 15.6. The Balaban J connectivity index is 0.856. The van der Waals surface area contributed by atoms with Gasteiger partial charge in [-0.1, -0.05) is 208 Å². The zero-order valence-electron chi connectivity index (χ0n) is 35.5. The lowest BCUT2D eigenvalue weighted by Gasteiger charge is -2.22. The van der Waals surface area contributed by atoms with Crippen LogP contribution in [0.5, 0.6) is 0 Å². The molecule has 3 nitrogen and oxygen atoms in total. The van der Waals surface area contributed by atoms with Gasteiger partial charge in [0, 0.05) is 42.3 Å². The third kappa shape index (κ3) is 6.45. The van der Waals surface area contributed by atoms with Crippen molar-refractivity contribution in [3.63, 3.8) is 0 Å². The van der Waals surface area contributed by atoms with Crippen LogP contribution < -0.4 is 0 Å². The van der Waals surface area contributed by atoms with E-state index >= 15 is 0 Å². The van der Waals surface area contributed by atoms with E-state index in [4.69, 9.17) is 15.0 Å². The van der Waals surface area contributed by atoms with Crippen molar-refractivity contribution in [2.75, 3.05) is 0 Å². The van der Waals surface area contributed by atoms with Gasteiger partial charge in [-0.15, -0.1) is 11.3 Å². The summed E-state index contributed by atoms with van der Waals surface area (Å²) in [7, 11) is 0. The van der Waals surface area contributed by atoms with E-state index in [0.717, 1.165) is 38.9 Å². The van der Waals surface area contributed by atoms with Crippen LogP contribution >= 0.6 is 11.3 Å². The highest BCUT2D eigenvalue weighted by Gasteiger charge is 2.35. The molecule has 1 aliphatic rings. The van der Waals surface area contributed by atoms with Gasteiger partial charge in [0.25, 0.3) is 0 Å². The summed E-state index contributed by atoms with van der Waals surface area (Å²) in [6.07, 6.45) is 0. The van der Waals surface area contributed by atoms with Gasteiger partial charge in [-0.2, -0.15) is 0 Å². The monoisotopic (exact) mass is 835 g/mol. The van der Waals surface area contributed by atoms with Crippen LogP contribution in [0.2, 0.25) is 0 Å². The lowest BCUT2D eigenvalue weighted by atomic mass is 9.81. The maximum atomic E-state index is 5.23. The molecule has 0 spiro atoms. The fourth-order valence-electron chi connectivity index (χ4n) is 9.62. The van der Waals surface area contributed by atoms with Gasteiger partial charge in [0.1, 0.15) is 0 Å². The Hall–Kier alpha value is -7.79. The number of thiophene rings is 1. The maximum Gasteiger partial charge on any atom is 0.165 e. The normalized spacial score (nSPS) is 12.7. The standard InChI is InChI=1S/C60H41N3S/c1-60(2)53-21-10-8-16-47(53)48-36-35-45(37-54(48)60)42-29-27-40(28-30-42)38-23-25-39(26-24-38)41-31-33-44(34-32-41)57-61-58(51-18-7-6-15-46(51)43-13-4-3-5-14-43)63-59(62-57)52-20-12-19-50-49-17-9-11-22-55(49)64-56(50)52/h3-37H,1-2H3. The van der Waals surface area contributed by atoms with E-state index in [2.05, 4.69) is 220 Å². The molecule has 302 valence electrons. The summed E-state index contributed by atoms with van der Waals surface area (Å²) < 4.78 is 2.42. The second-order valence-corrected chi connectivity index (χ2v) is 18.2. The first kappa shape index (κ1) is 37.9. The predicted octanol–water partition coefficient (Wildman–Crippen LogP) is 16.2. The van der Waals surface area contributed by atoms with Gasteiger partial charge >= 0.3 is 0 Å². The molecule has 0 unspecified atom stereocenters. The second kappa shape index (κ2) is 15.2. The van der Waals surface area contributed by atoms with Crippen molar-refractivity contribution in [1.29, 1.82) is 0 Å². The molecule has 12 rings (SSSR count). The van der Waals surface area contributed by atoms with Gasteiger partial charge in [-0.05, 0) is 85.0 Å². The highest BCUT2D eigenvalue weighted by Crippen LogP contribution is 2.49. The molecule has 0 radical (unpaired) electrons. The minimum atomic E-state index is -0.0185. The predicted molar refractivity (Wildman–Crippen MR) is 268 cm³/mol. The number of hydrogen-bond donors (Lipinski definition) is 0. The SMILES string of the molecule is CC1(C)c2ccccc2-c2ccc(-c3ccc(-c4ccc(-c5ccc(-c6nc(-c7ccccc7-c7ccccc7)nc(-c7cccc8c7sc7ccccc78)n6)cc5)cc4)cc3)cc21. The van der Waals surface area contributed by atoms with Gasteiger partial charge in [0.15, 0.2) is 17.5 Å². The van der Waals surface area contributed by atoms with Crippen LogP contribution in [0.25, 0.3) is 110 Å². The Bertz CT molecular complexity index is 3550. The van der Waals surface area contributed by atoms with Crippen LogP contribution in [0, 0.1) is 0 Å². The van der Waals surface area contributed by atoms with E-state index in [1.54, 1.807) is 11.3 Å². The zero-order chi connectivity index (χ0) is 42.8. The third-order valence-electron chi connectivity index (χ3n) is 13.0. The Kier molecular flexibility index (Phi) is 9.03. The van der Waals surface area contributed by atoms with Crippen molar-refractivity contribution in [3.8, 4) is 89.8 Å². The molecule has 0 saturated heterocycles. The molecule has 64 heavy (non-hydrogen) atoms. The zero-order valence-corrected chi connectivity index (χ0v) is 36.3. The Labute approximate surface area is 377 Å². The first-order chi connectivity index (χ1) is 31.5. The molecule has 4 heteroatoms. The van der Waals surface area contributed by atoms with Crippen molar-refractivity contribution in [2.24, 2.45) is 0 Å². The molecule has 0 amide bonds. The molecule has 0 bridgehead atoms. The lowest BCUT2D eigenvalue weighted by molar-refractivity contribution is 0.660. The van der Waals surface area contributed by atoms with Crippen molar-refractivity contribution < 1.29 is 0 Å². The molecule has 2 aromatic heterocycles. The third-order valence-corrected chi connectivity index (χ3v) is 14.2. The van der Waals surface area contributed by atoms with Gasteiger partial charge in [-0.3, -0.25) is 0 Å². The lowest BCUT2D eigenvalue weighted by Crippen LogP contribution is -2.14. The number of aromatic nitrogens is 3. The molecule has 0 N–H and O–H groups in total. The first-order valence-electron chi connectivity index (χ1n) is 21.8. The van der Waals surface area contributed by atoms with Crippen molar-refractivity contribution in [1.82, 2.24) is 15.0 Å². The topological polar surface area (TPSA) is 38.7 Å². The molecular formula is C60H41N3S. The van der Waals surface area contributed by atoms with Crippen LogP contribution in [0.3, 0.4) is 0 Å². The number of benzene rings is 9. The fourth-order valence-corrected chi connectivity index (χ4v) is 10.8. The van der Waals surface area contributed by atoms with Gasteiger partial charge < -0.3 is 0 Å². The minimum absolute atomic E-state index is 0.0185. The van der Waals surface area contributed by atoms with Crippen molar-refractivity contribution in [2.45, 2.75) is 19.3 Å². The maximum absolute atomic E-state index is 5.23. The summed E-state index contributed by atoms with van der Waals surface area (Å²) in [6.45, 7) is 4.68. The van der Waals surface area contributed by atoms with Crippen LogP contribution in [0.4, 0.5) is 0 Å². The minimum Gasteiger partial charge on any atom is -0.208 e. The van der Waals surface area contributed by atoms with E-state index in [1.165, 1.54) is 64.7 Å². The largest absolute Gasteiger partial charge is 0.208 e. The summed E-state index contributed by atoms with van der Waals surface area (Å²) in [5.74, 6) is 1.95. The Morgan fingerprint density at radius 2 is 0.781 bits per heavy atom. The smallest absolute Gasteiger partial charge is 0.165 e. The molecule has 0 atom stereocenters. The van der Waals surface area contributed by atoms with Gasteiger partial charge in [-0.25, -0.2) is 15.0 Å². The fraction of sp³-hybridized carbons (Fsp3) is 0.0500. The highest BCUT2D eigenvalue weighted by molar-refractivity contribution is 7.26. The van der Waals surface area contributed by atoms with E-state index in [0.29, 0.717) is 17.5 Å². The van der Waals surface area contributed by atoms with Gasteiger partial charge in [0.05, 0.1) is 0 Å². The molecule has 0 fully saturated rings. The quantitative estimate of drug-likeness (QED) is 0.161. The van der Waals surface area contributed by atoms with Crippen LogP contribution in [0.15, 0.2) is 212 Å². The summed E-state index contributed by atoms with van der Waals surface area (Å²) in [5, 5.41) is 2.46. The highest BCUT2D eigenvalue weighted by atomic mass is 32.1. The Morgan fingerprint density at radius 3 is 1.47 bits per heavy atom. The summed E-state index contributed by atoms with van der Waals surface area (Å²) in [5.41, 5.74) is 17.7. The molecule has 0 saturated carbocycles. The first-order valence-corrected chi connectivity index (χ1v) is 22.7. The van der Waals surface area contributed by atoms with E-state index in [9.17, 15) is 0 Å². The summed E-state index contributed by atoms with van der Waals surface area (Å²) >= 11 is 1.79. The molecule has 1 aliphatic carbocycles. The average Bonchev–Trinajstić information content (AvgIpc) is 3.86. The van der Waals surface area contributed by atoms with Crippen LogP contribution in [-0.4, -0.2) is 15.0 Å². The number of nitrogens with zero attached hydrogens (tertiary/aromatic N) is 3. The molecule has 0 aliphatic heterocycles. The Morgan fingerprint density at radius 1 is 0.312 bits per heavy atom. The van der Waals surface area contributed by atoms with E-state index in [-0.39, 0.29) is 5.41 Å². The summed E-state index contributed by atoms with van der Waals surface area (Å²) in [6, 6.07) is 76.1. The molecule has 9 aromatic carbocycles. The molecule has 2 heterocycles. The van der Waals surface area contributed by atoms with Crippen molar-refractivity contribution >= 4 is 31.5 Å².